The first kappa shape index (κ1) is 38.0. The highest BCUT2D eigenvalue weighted by Gasteiger charge is 2.71. The number of sulfonamides is 1. The third kappa shape index (κ3) is 7.40. The van der Waals surface area contributed by atoms with E-state index >= 15 is 13.6 Å². The molecule has 17 heteroatoms. The normalized spacial score (nSPS) is 33.0. The van der Waals surface area contributed by atoms with Crippen molar-refractivity contribution in [1.29, 1.82) is 0 Å². The number of nitrogens with zero attached hydrogens (tertiary/aromatic N) is 3. The van der Waals surface area contributed by atoms with Crippen molar-refractivity contribution in [3.63, 3.8) is 0 Å². The lowest BCUT2D eigenvalue weighted by atomic mass is 9.86. The molecule has 2 aliphatic heterocycles. The minimum Gasteiger partial charge on any atom is -0.494 e. The smallest absolute Gasteiger partial charge is 0.408 e. The van der Waals surface area contributed by atoms with Gasteiger partial charge in [0.25, 0.3) is 11.8 Å². The van der Waals surface area contributed by atoms with Gasteiger partial charge in [-0.25, -0.2) is 18.2 Å². The molecular weight excluding hydrogens is 765 g/mol. The van der Waals surface area contributed by atoms with Crippen LogP contribution in [0.15, 0.2) is 42.6 Å². The maximum atomic E-state index is 17.7. The zero-order chi connectivity index (χ0) is 44.4. The molecule has 3 heterocycles. The number of alkyl halides is 2. The SMILES string of the molecule is [2H]C([2H])([2H])Oc1cnc(O[C@]2(C)C[C@H]3C(=O)N[C@]4(C(=O)NS(=O)(=O)C5(C)CC5)C[C@H]4/C=C\CC[C@H](C)C[C@@H](C)[C@H](N(C(=O)O)C(C)CC)C(=O)N3C2(F)F)c2ccccc12. The van der Waals surface area contributed by atoms with Gasteiger partial charge in [0, 0.05) is 29.2 Å². The summed E-state index contributed by atoms with van der Waals surface area (Å²) in [6.45, 7) is 9.20. The highest BCUT2D eigenvalue weighted by atomic mass is 32.2. The lowest BCUT2D eigenvalue weighted by Gasteiger charge is -2.42. The van der Waals surface area contributed by atoms with Gasteiger partial charge >= 0.3 is 12.1 Å². The van der Waals surface area contributed by atoms with E-state index in [0.29, 0.717) is 25.7 Å². The van der Waals surface area contributed by atoms with Crippen LogP contribution in [0.5, 0.6) is 11.6 Å². The van der Waals surface area contributed by atoms with Gasteiger partial charge in [0.05, 0.1) is 22.1 Å². The standard InChI is InChI=1S/C40H53F2N5O9S/c1-8-25(4)46(36(51)52)31-24(3)19-23(2)13-9-10-14-26-20-39(26,35(50)45-57(53,54)37(5)17-18-37)44-32(48)29-21-38(6,40(41,42)47(29)34(31)49)56-33-28-16-12-11-15-27(28)30(55-7)22-43-33/h10-12,14-16,22-26,29,31H,8-9,13,17-21H2,1-7H3,(H,44,48)(H,45,50)(H,51,52)/b14-10-/t23-,24+,25?,26+,29-,31-,38+,39+/m0/s1/i7D3. The second-order valence-corrected chi connectivity index (χ2v) is 18.9. The van der Waals surface area contributed by atoms with Gasteiger partial charge in [-0.1, -0.05) is 51.1 Å². The molecule has 14 nitrogen and oxygen atoms in total. The fraction of sp³-hybridized carbons (Fsp3) is 0.625. The van der Waals surface area contributed by atoms with Crippen LogP contribution >= 0.6 is 0 Å². The number of hydrogen-bond donors (Lipinski definition) is 3. The van der Waals surface area contributed by atoms with Gasteiger partial charge in [0.1, 0.15) is 23.4 Å². The van der Waals surface area contributed by atoms with Crippen LogP contribution in [0.1, 0.15) is 97.0 Å². The second-order valence-electron chi connectivity index (χ2n) is 16.7. The van der Waals surface area contributed by atoms with Crippen molar-refractivity contribution in [1.82, 2.24) is 24.8 Å². The van der Waals surface area contributed by atoms with Crippen molar-refractivity contribution < 1.29 is 55.1 Å². The quantitative estimate of drug-likeness (QED) is 0.212. The van der Waals surface area contributed by atoms with Crippen molar-refractivity contribution in [3.05, 3.63) is 42.6 Å². The fourth-order valence-electron chi connectivity index (χ4n) is 8.30. The first-order chi connectivity index (χ1) is 27.8. The Balaban J connectivity index is 1.48. The number of benzene rings is 1. The Kier molecular flexibility index (Phi) is 10.0. The van der Waals surface area contributed by atoms with Crippen LogP contribution < -0.4 is 19.5 Å². The lowest BCUT2D eigenvalue weighted by Crippen LogP contribution is -2.64. The molecule has 312 valence electrons. The number of carboxylic acid groups (broad SMARTS) is 1. The number of aromatic nitrogens is 1. The zero-order valence-electron chi connectivity index (χ0n) is 35.9. The van der Waals surface area contributed by atoms with E-state index in [1.807, 2.05) is 6.92 Å². The number of methoxy groups -OCH3 is 1. The molecule has 8 atom stereocenters. The van der Waals surface area contributed by atoms with Crippen molar-refractivity contribution in [2.75, 3.05) is 7.04 Å². The van der Waals surface area contributed by atoms with E-state index in [1.54, 1.807) is 39.0 Å². The summed E-state index contributed by atoms with van der Waals surface area (Å²) in [4.78, 5) is 61.8. The zero-order valence-corrected chi connectivity index (χ0v) is 33.7. The molecule has 1 aromatic heterocycles. The van der Waals surface area contributed by atoms with E-state index in [-0.39, 0.29) is 46.6 Å². The molecule has 4 amide bonds. The summed E-state index contributed by atoms with van der Waals surface area (Å²) in [6.07, 6.45) is 4.15. The van der Waals surface area contributed by atoms with E-state index in [1.165, 1.54) is 25.1 Å². The van der Waals surface area contributed by atoms with Gasteiger partial charge in [-0.05, 0) is 83.6 Å². The minimum atomic E-state index is -4.37. The van der Waals surface area contributed by atoms with Crippen molar-refractivity contribution in [2.45, 2.75) is 133 Å². The number of hydrogen-bond acceptors (Lipinski definition) is 9. The highest BCUT2D eigenvalue weighted by molar-refractivity contribution is 7.91. The van der Waals surface area contributed by atoms with Crippen LogP contribution in [0.4, 0.5) is 13.6 Å². The molecular formula is C40H53F2N5O9S. The Morgan fingerprint density at radius 1 is 1.18 bits per heavy atom. The molecule has 0 spiro atoms. The van der Waals surface area contributed by atoms with Crippen LogP contribution in [0.25, 0.3) is 10.8 Å². The summed E-state index contributed by atoms with van der Waals surface area (Å²) in [7, 11) is -7.08. The Morgan fingerprint density at radius 3 is 2.49 bits per heavy atom. The van der Waals surface area contributed by atoms with Gasteiger partial charge in [0.15, 0.2) is 5.60 Å². The third-order valence-corrected chi connectivity index (χ3v) is 14.6. The molecule has 57 heavy (non-hydrogen) atoms. The summed E-state index contributed by atoms with van der Waals surface area (Å²) in [6, 6.07) is -2.98. The van der Waals surface area contributed by atoms with E-state index < -0.39 is 105 Å². The van der Waals surface area contributed by atoms with Gasteiger partial charge in [0.2, 0.25) is 21.8 Å². The van der Waals surface area contributed by atoms with Crippen LogP contribution in [0, 0.1) is 17.8 Å². The second kappa shape index (κ2) is 15.0. The first-order valence-electron chi connectivity index (χ1n) is 20.8. The topological polar surface area (TPSA) is 185 Å². The highest BCUT2D eigenvalue weighted by Crippen LogP contribution is 2.51. The number of allylic oxidation sites excluding steroid dienone is 1. The van der Waals surface area contributed by atoms with Gasteiger partial charge in [-0.15, -0.1) is 0 Å². The molecule has 2 aromatic rings. The molecule has 0 radical (unpaired) electrons. The Bertz CT molecular complexity index is 2190. The molecule has 2 saturated carbocycles. The number of pyridine rings is 1. The van der Waals surface area contributed by atoms with E-state index in [2.05, 4.69) is 15.0 Å². The van der Waals surface area contributed by atoms with Crippen LogP contribution in [0.3, 0.4) is 0 Å². The summed E-state index contributed by atoms with van der Waals surface area (Å²) in [5.74, 6) is -5.90. The number of nitrogens with one attached hydrogen (secondary N) is 2. The molecule has 6 rings (SSSR count). The number of ether oxygens (including phenoxy) is 2. The Morgan fingerprint density at radius 2 is 1.86 bits per heavy atom. The van der Waals surface area contributed by atoms with Crippen molar-refractivity contribution in [3.8, 4) is 11.6 Å². The first-order valence-corrected chi connectivity index (χ1v) is 20.8. The molecule has 2 aliphatic carbocycles. The number of halogens is 2. The van der Waals surface area contributed by atoms with Gasteiger partial charge in [-0.2, -0.15) is 8.78 Å². The van der Waals surface area contributed by atoms with Crippen molar-refractivity contribution >= 4 is 44.6 Å². The summed E-state index contributed by atoms with van der Waals surface area (Å²) >= 11 is 0. The van der Waals surface area contributed by atoms with Gasteiger partial charge < -0.3 is 19.9 Å². The number of fused-ring (bicyclic) bond motifs is 3. The molecule has 3 N–H and O–H groups in total. The number of carbonyl (C=O) groups is 4. The Hall–Kier alpha value is -4.54. The van der Waals surface area contributed by atoms with E-state index in [4.69, 9.17) is 13.6 Å². The summed E-state index contributed by atoms with van der Waals surface area (Å²) in [5, 5.41) is 13.3. The maximum Gasteiger partial charge on any atom is 0.408 e. The van der Waals surface area contributed by atoms with Crippen LogP contribution in [-0.4, -0.2) is 99.2 Å². The molecule has 1 aromatic carbocycles. The fourth-order valence-corrected chi connectivity index (χ4v) is 9.61. The number of rotatable bonds is 9. The molecule has 3 fully saturated rings. The molecule has 1 saturated heterocycles. The largest absolute Gasteiger partial charge is 0.494 e. The average molecular weight is 821 g/mol. The van der Waals surface area contributed by atoms with E-state index in [0.717, 1.165) is 18.0 Å². The average Bonchev–Trinajstić information content (AvgIpc) is 4.06. The number of amides is 4. The molecule has 0 bridgehead atoms. The lowest BCUT2D eigenvalue weighted by molar-refractivity contribution is -0.219. The minimum absolute atomic E-state index is 0.0568. The predicted molar refractivity (Wildman–Crippen MR) is 206 cm³/mol. The van der Waals surface area contributed by atoms with Crippen LogP contribution in [-0.2, 0) is 24.4 Å². The predicted octanol–water partition coefficient (Wildman–Crippen LogP) is 5.61. The van der Waals surface area contributed by atoms with E-state index in [9.17, 15) is 27.9 Å². The molecule has 4 aliphatic rings. The van der Waals surface area contributed by atoms with Gasteiger partial charge in [-0.3, -0.25) is 28.9 Å². The summed E-state index contributed by atoms with van der Waals surface area (Å²) < 4.78 is 96.6. The Labute approximate surface area is 336 Å². The maximum absolute atomic E-state index is 17.7. The van der Waals surface area contributed by atoms with Crippen molar-refractivity contribution in [2.24, 2.45) is 17.8 Å². The monoisotopic (exact) mass is 820 g/mol. The summed E-state index contributed by atoms with van der Waals surface area (Å²) in [5.41, 5.74) is -4.64. The van der Waals surface area contributed by atoms with Crippen LogP contribution in [0.2, 0.25) is 0 Å². The number of carbonyl (C=O) groups excluding carboxylic acids is 3. The third-order valence-electron chi connectivity index (χ3n) is 12.5. The molecule has 1 unspecified atom stereocenters.